The van der Waals surface area contributed by atoms with Crippen molar-refractivity contribution in [2.75, 3.05) is 13.1 Å². The smallest absolute Gasteiger partial charge is 0.251 e. The van der Waals surface area contributed by atoms with Gasteiger partial charge in [-0.2, -0.15) is 0 Å². The second-order valence-electron chi connectivity index (χ2n) is 6.33. The zero-order valence-corrected chi connectivity index (χ0v) is 15.4. The maximum absolute atomic E-state index is 12.2. The minimum atomic E-state index is -0.155. The molecule has 0 bridgehead atoms. The van der Waals surface area contributed by atoms with Gasteiger partial charge in [0.2, 0.25) is 5.91 Å². The van der Waals surface area contributed by atoms with Gasteiger partial charge < -0.3 is 10.6 Å². The van der Waals surface area contributed by atoms with E-state index in [0.29, 0.717) is 30.6 Å². The van der Waals surface area contributed by atoms with E-state index in [1.807, 2.05) is 41.2 Å². The summed E-state index contributed by atoms with van der Waals surface area (Å²) < 4.78 is 2.05. The lowest BCUT2D eigenvalue weighted by atomic mass is 10.1. The molecule has 2 N–H and O–H groups in total. The number of aromatic nitrogens is 1. The number of nitrogens with one attached hydrogen (secondary N) is 2. The zero-order chi connectivity index (χ0) is 18.9. The quantitative estimate of drug-likeness (QED) is 0.434. The Hall–Kier alpha value is -2.95. The van der Waals surface area contributed by atoms with Gasteiger partial charge in [0, 0.05) is 36.4 Å². The summed E-state index contributed by atoms with van der Waals surface area (Å²) in [5, 5.41) is 5.60. The van der Waals surface area contributed by atoms with E-state index in [4.69, 9.17) is 0 Å². The molecule has 0 saturated heterocycles. The summed E-state index contributed by atoms with van der Waals surface area (Å²) in [6.07, 6.45) is 4.49. The van der Waals surface area contributed by atoms with Crippen molar-refractivity contribution in [3.8, 4) is 0 Å². The van der Waals surface area contributed by atoms with Crippen LogP contribution in [0.2, 0.25) is 0 Å². The van der Waals surface area contributed by atoms with Crippen molar-refractivity contribution in [1.82, 2.24) is 10.6 Å². The van der Waals surface area contributed by atoms with Gasteiger partial charge in [-0.15, -0.1) is 0 Å². The minimum absolute atomic E-state index is 0.112. The van der Waals surface area contributed by atoms with Crippen LogP contribution in [0.4, 0.5) is 0 Å². The Labute approximate surface area is 154 Å². The largest absolute Gasteiger partial charge is 0.352 e. The Bertz CT molecular complexity index is 782. The molecule has 0 radical (unpaired) electrons. The van der Waals surface area contributed by atoms with Gasteiger partial charge in [-0.1, -0.05) is 30.8 Å². The zero-order valence-electron chi connectivity index (χ0n) is 15.4. The standard InChI is InChI=1S/C21H25N3O2/c1-16(2)20(25)22-11-6-12-23-21(26)18-9-13-24(14-10-18)15-19-8-5-4-7-17(19)3/h4-5,7-10,13-14H,1,6,11-12,15H2,2-3H3,(H-,22,23,25,26)/p+1. The fourth-order valence-electron chi connectivity index (χ4n) is 2.44. The molecule has 136 valence electrons. The second-order valence-corrected chi connectivity index (χ2v) is 6.33. The summed E-state index contributed by atoms with van der Waals surface area (Å²) in [7, 11) is 0. The molecule has 5 heteroatoms. The Morgan fingerprint density at radius 1 is 1.04 bits per heavy atom. The molecule has 0 atom stereocenters. The van der Waals surface area contributed by atoms with Crippen LogP contribution in [-0.4, -0.2) is 24.9 Å². The summed E-state index contributed by atoms with van der Waals surface area (Å²) in [5.74, 6) is -0.267. The van der Waals surface area contributed by atoms with Crippen LogP contribution in [0, 0.1) is 6.92 Å². The summed E-state index contributed by atoms with van der Waals surface area (Å²) in [6, 6.07) is 11.9. The molecule has 0 fully saturated rings. The SMILES string of the molecule is C=C(C)C(=O)NCCCNC(=O)c1cc[n+](Cc2ccccc2C)cc1. The van der Waals surface area contributed by atoms with Crippen LogP contribution in [0.5, 0.6) is 0 Å². The molecular weight excluding hydrogens is 326 g/mol. The van der Waals surface area contributed by atoms with Crippen molar-refractivity contribution in [2.45, 2.75) is 26.8 Å². The van der Waals surface area contributed by atoms with E-state index >= 15 is 0 Å². The molecule has 26 heavy (non-hydrogen) atoms. The fraction of sp³-hybridized carbons (Fsp3) is 0.286. The number of amides is 2. The van der Waals surface area contributed by atoms with Gasteiger partial charge >= 0.3 is 0 Å². The molecule has 1 heterocycles. The Morgan fingerprint density at radius 2 is 1.69 bits per heavy atom. The highest BCUT2D eigenvalue weighted by atomic mass is 16.2. The van der Waals surface area contributed by atoms with Crippen LogP contribution in [0.1, 0.15) is 34.8 Å². The highest BCUT2D eigenvalue weighted by Crippen LogP contribution is 2.06. The lowest BCUT2D eigenvalue weighted by molar-refractivity contribution is -0.688. The van der Waals surface area contributed by atoms with Crippen LogP contribution in [0.3, 0.4) is 0 Å². The van der Waals surface area contributed by atoms with E-state index < -0.39 is 0 Å². The molecule has 0 aliphatic carbocycles. The van der Waals surface area contributed by atoms with Crippen LogP contribution >= 0.6 is 0 Å². The molecule has 5 nitrogen and oxygen atoms in total. The third kappa shape index (κ3) is 5.84. The molecule has 0 aliphatic heterocycles. The van der Waals surface area contributed by atoms with Gasteiger partial charge in [0.1, 0.15) is 0 Å². The summed E-state index contributed by atoms with van der Waals surface area (Å²) in [5.41, 5.74) is 3.61. The van der Waals surface area contributed by atoms with Gasteiger partial charge in [-0.25, -0.2) is 4.57 Å². The Morgan fingerprint density at radius 3 is 2.35 bits per heavy atom. The Kier molecular flexibility index (Phi) is 7.09. The summed E-state index contributed by atoms with van der Waals surface area (Å²) >= 11 is 0. The maximum Gasteiger partial charge on any atom is 0.251 e. The highest BCUT2D eigenvalue weighted by Gasteiger charge is 2.09. The first kappa shape index (κ1) is 19.4. The topological polar surface area (TPSA) is 62.1 Å². The normalized spacial score (nSPS) is 10.2. The van der Waals surface area contributed by atoms with E-state index in [0.717, 1.165) is 6.54 Å². The molecule has 0 spiro atoms. The number of hydrogen-bond acceptors (Lipinski definition) is 2. The van der Waals surface area contributed by atoms with Crippen molar-refractivity contribution in [3.05, 3.63) is 77.6 Å². The predicted molar refractivity (Wildman–Crippen MR) is 102 cm³/mol. The number of carbonyl (C=O) groups excluding carboxylic acids is 2. The molecule has 1 aromatic heterocycles. The van der Waals surface area contributed by atoms with Crippen molar-refractivity contribution in [2.24, 2.45) is 0 Å². The third-order valence-electron chi connectivity index (χ3n) is 4.08. The first-order valence-corrected chi connectivity index (χ1v) is 8.73. The number of pyridine rings is 1. The van der Waals surface area contributed by atoms with Gasteiger partial charge in [-0.3, -0.25) is 9.59 Å². The molecule has 2 aromatic rings. The van der Waals surface area contributed by atoms with E-state index in [1.54, 1.807) is 6.92 Å². The average Bonchev–Trinajstić information content (AvgIpc) is 2.63. The van der Waals surface area contributed by atoms with Crippen molar-refractivity contribution in [1.29, 1.82) is 0 Å². The van der Waals surface area contributed by atoms with Crippen molar-refractivity contribution >= 4 is 11.8 Å². The number of hydrogen-bond donors (Lipinski definition) is 2. The van der Waals surface area contributed by atoms with Crippen molar-refractivity contribution < 1.29 is 14.2 Å². The summed E-state index contributed by atoms with van der Waals surface area (Å²) in [4.78, 5) is 23.5. The van der Waals surface area contributed by atoms with Crippen molar-refractivity contribution in [3.63, 3.8) is 0 Å². The molecular formula is C21H26N3O2+. The van der Waals surface area contributed by atoms with Gasteiger partial charge in [0.15, 0.2) is 18.9 Å². The number of benzene rings is 1. The number of carbonyl (C=O) groups is 2. The number of aryl methyl sites for hydroxylation is 1. The van der Waals surface area contributed by atoms with Crippen LogP contribution in [0.25, 0.3) is 0 Å². The highest BCUT2D eigenvalue weighted by molar-refractivity contribution is 5.94. The van der Waals surface area contributed by atoms with E-state index in [2.05, 4.69) is 36.3 Å². The lowest BCUT2D eigenvalue weighted by Crippen LogP contribution is -2.35. The minimum Gasteiger partial charge on any atom is -0.352 e. The third-order valence-corrected chi connectivity index (χ3v) is 4.08. The monoisotopic (exact) mass is 352 g/mol. The molecule has 0 aliphatic rings. The molecule has 2 amide bonds. The molecule has 0 saturated carbocycles. The lowest BCUT2D eigenvalue weighted by Gasteiger charge is -2.07. The van der Waals surface area contributed by atoms with E-state index in [-0.39, 0.29) is 11.8 Å². The van der Waals surface area contributed by atoms with Gasteiger partial charge in [0.05, 0.1) is 5.56 Å². The van der Waals surface area contributed by atoms with Crippen LogP contribution < -0.4 is 15.2 Å². The maximum atomic E-state index is 12.2. The van der Waals surface area contributed by atoms with Crippen LogP contribution in [-0.2, 0) is 11.3 Å². The van der Waals surface area contributed by atoms with E-state index in [1.165, 1.54) is 11.1 Å². The molecule has 0 unspecified atom stereocenters. The second kappa shape index (κ2) is 9.51. The number of rotatable bonds is 8. The van der Waals surface area contributed by atoms with Gasteiger partial charge in [0.25, 0.3) is 5.91 Å². The van der Waals surface area contributed by atoms with Gasteiger partial charge in [-0.05, 0) is 25.8 Å². The van der Waals surface area contributed by atoms with E-state index in [9.17, 15) is 9.59 Å². The molecule has 2 rings (SSSR count). The number of nitrogens with zero attached hydrogens (tertiary/aromatic N) is 1. The first-order chi connectivity index (χ1) is 12.5. The van der Waals surface area contributed by atoms with Crippen LogP contribution in [0.15, 0.2) is 60.9 Å². The molecule has 1 aromatic carbocycles. The fourth-order valence-corrected chi connectivity index (χ4v) is 2.44. The predicted octanol–water partition coefficient (Wildman–Crippen LogP) is 2.14. The Balaban J connectivity index is 1.78. The summed E-state index contributed by atoms with van der Waals surface area (Å²) in [6.45, 7) is 9.13. The average molecular weight is 352 g/mol. The first-order valence-electron chi connectivity index (χ1n) is 8.73.